The number of amidine groups is 1. The van der Waals surface area contributed by atoms with E-state index in [0.29, 0.717) is 5.56 Å². The van der Waals surface area contributed by atoms with Gasteiger partial charge in [-0.05, 0) is 22.8 Å². The molecule has 0 bridgehead atoms. The van der Waals surface area contributed by atoms with Gasteiger partial charge in [0, 0.05) is 18.0 Å². The summed E-state index contributed by atoms with van der Waals surface area (Å²) < 4.78 is 5.21. The van der Waals surface area contributed by atoms with E-state index >= 15 is 0 Å². The lowest BCUT2D eigenvalue weighted by Crippen LogP contribution is -2.28. The van der Waals surface area contributed by atoms with Crippen LogP contribution in [0.2, 0.25) is 0 Å². The monoisotopic (exact) mass is 399 g/mol. The van der Waals surface area contributed by atoms with Crippen molar-refractivity contribution in [3.05, 3.63) is 120 Å². The fraction of sp³-hybridized carbons (Fsp3) is 0.0833. The summed E-state index contributed by atoms with van der Waals surface area (Å²) in [6.45, 7) is 0. The van der Waals surface area contributed by atoms with Crippen LogP contribution in [0.4, 0.5) is 0 Å². The zero-order valence-electron chi connectivity index (χ0n) is 16.1. The van der Waals surface area contributed by atoms with Gasteiger partial charge >= 0.3 is 0 Å². The highest BCUT2D eigenvalue weighted by atomic mass is 16.5. The molecule has 0 fully saturated rings. The molecule has 6 heteroatoms. The van der Waals surface area contributed by atoms with E-state index in [0.717, 1.165) is 16.7 Å². The van der Waals surface area contributed by atoms with Gasteiger partial charge in [0.1, 0.15) is 12.5 Å². The molecule has 2 aromatic carbocycles. The Hall–Kier alpha value is -4.06. The maximum Gasteiger partial charge on any atom is 0.170 e. The molecular formula is C24H21N3O3. The minimum atomic E-state index is -0.394. The molecule has 2 unspecified atom stereocenters. The molecule has 0 saturated heterocycles. The Morgan fingerprint density at radius 2 is 1.77 bits per heavy atom. The first-order valence-corrected chi connectivity index (χ1v) is 9.50. The molecule has 2 aromatic rings. The zero-order chi connectivity index (χ0) is 20.9. The van der Waals surface area contributed by atoms with Crippen molar-refractivity contribution in [3.63, 3.8) is 0 Å². The van der Waals surface area contributed by atoms with Crippen LogP contribution in [0.1, 0.15) is 28.7 Å². The van der Waals surface area contributed by atoms with Crippen LogP contribution in [-0.2, 0) is 9.53 Å². The minimum Gasteiger partial charge on any atom is -0.470 e. The molecule has 2 atom stereocenters. The topological polar surface area (TPSA) is 88.2 Å². The van der Waals surface area contributed by atoms with Crippen molar-refractivity contribution in [3.8, 4) is 0 Å². The van der Waals surface area contributed by atoms with Gasteiger partial charge in [-0.15, -0.1) is 0 Å². The maximum atomic E-state index is 12.9. The Kier molecular flexibility index (Phi) is 5.48. The normalized spacial score (nSPS) is 19.4. The summed E-state index contributed by atoms with van der Waals surface area (Å²) in [5, 5.41) is 12.0. The molecule has 0 amide bonds. The number of ketones is 1. The molecule has 30 heavy (non-hydrogen) atoms. The van der Waals surface area contributed by atoms with Crippen molar-refractivity contribution in [2.24, 2.45) is 10.9 Å². The van der Waals surface area contributed by atoms with Crippen LogP contribution in [0.15, 0.2) is 108 Å². The van der Waals surface area contributed by atoms with Crippen LogP contribution in [0.5, 0.6) is 0 Å². The molecule has 2 aliphatic rings. The van der Waals surface area contributed by atoms with Gasteiger partial charge in [0.05, 0.1) is 12.0 Å². The van der Waals surface area contributed by atoms with Crippen molar-refractivity contribution < 1.29 is 14.7 Å². The number of hydrogen-bond acceptors (Lipinski definition) is 5. The number of carbonyl (C=O) groups is 1. The van der Waals surface area contributed by atoms with Crippen molar-refractivity contribution in [2.75, 3.05) is 0 Å². The summed E-state index contributed by atoms with van der Waals surface area (Å²) in [5.74, 6) is -0.311. The first-order chi connectivity index (χ1) is 14.7. The molecule has 150 valence electrons. The first-order valence-electron chi connectivity index (χ1n) is 9.50. The molecule has 0 radical (unpaired) electrons. The van der Waals surface area contributed by atoms with Gasteiger partial charge in [-0.3, -0.25) is 4.79 Å². The number of hydrogen-bond donors (Lipinski definition) is 2. The summed E-state index contributed by atoms with van der Waals surface area (Å²) in [5.41, 5.74) is 9.16. The Balaban J connectivity index is 1.81. The lowest BCUT2D eigenvalue weighted by molar-refractivity contribution is -0.115. The third kappa shape index (κ3) is 3.75. The predicted molar refractivity (Wildman–Crippen MR) is 114 cm³/mol. The van der Waals surface area contributed by atoms with Crippen molar-refractivity contribution in [2.45, 2.75) is 12.0 Å². The fourth-order valence-electron chi connectivity index (χ4n) is 3.77. The number of allylic oxidation sites excluding steroid dienone is 3. The number of carbonyl (C=O) groups excluding carboxylic acids is 1. The average molecular weight is 399 g/mol. The molecule has 4 rings (SSSR count). The molecule has 6 nitrogen and oxygen atoms in total. The maximum absolute atomic E-state index is 12.9. The lowest BCUT2D eigenvalue weighted by Gasteiger charge is -2.35. The van der Waals surface area contributed by atoms with Gasteiger partial charge in [0.15, 0.2) is 11.6 Å². The number of benzene rings is 2. The largest absolute Gasteiger partial charge is 0.470 e. The van der Waals surface area contributed by atoms with Gasteiger partial charge in [-0.2, -0.15) is 0 Å². The van der Waals surface area contributed by atoms with Crippen molar-refractivity contribution in [1.82, 2.24) is 4.90 Å². The van der Waals surface area contributed by atoms with Crippen LogP contribution < -0.4 is 5.73 Å². The van der Waals surface area contributed by atoms with E-state index in [1.54, 1.807) is 36.8 Å². The molecule has 1 aliphatic carbocycles. The van der Waals surface area contributed by atoms with Crippen LogP contribution in [0, 0.1) is 0 Å². The highest BCUT2D eigenvalue weighted by Gasteiger charge is 2.33. The van der Waals surface area contributed by atoms with E-state index in [-0.39, 0.29) is 17.7 Å². The number of ether oxygens (including phenoxy) is 1. The second-order valence-electron chi connectivity index (χ2n) is 6.94. The Labute approximate surface area is 174 Å². The average Bonchev–Trinajstić information content (AvgIpc) is 2.80. The zero-order valence-corrected chi connectivity index (χ0v) is 16.1. The lowest BCUT2D eigenvalue weighted by atomic mass is 9.78. The molecule has 1 aliphatic heterocycles. The fourth-order valence-corrected chi connectivity index (χ4v) is 3.77. The van der Waals surface area contributed by atoms with Gasteiger partial charge in [-0.1, -0.05) is 71.9 Å². The van der Waals surface area contributed by atoms with Gasteiger partial charge < -0.3 is 20.6 Å². The van der Waals surface area contributed by atoms with Crippen LogP contribution in [0.3, 0.4) is 0 Å². The number of nitrogens with two attached hydrogens (primary N) is 1. The molecule has 0 saturated carbocycles. The second kappa shape index (κ2) is 8.53. The summed E-state index contributed by atoms with van der Waals surface area (Å²) in [6, 6.07) is 16.9. The highest BCUT2D eigenvalue weighted by Crippen LogP contribution is 2.41. The Bertz CT molecular complexity index is 1050. The molecule has 3 N–H and O–H groups in total. The van der Waals surface area contributed by atoms with E-state index in [9.17, 15) is 4.79 Å². The predicted octanol–water partition coefficient (Wildman–Crippen LogP) is 3.95. The van der Waals surface area contributed by atoms with E-state index < -0.39 is 5.92 Å². The van der Waals surface area contributed by atoms with Crippen molar-refractivity contribution in [1.29, 1.82) is 0 Å². The number of rotatable bonds is 5. The molecule has 0 spiro atoms. The number of oxime groups is 1. The Morgan fingerprint density at radius 1 is 1.07 bits per heavy atom. The van der Waals surface area contributed by atoms with Gasteiger partial charge in [-0.25, -0.2) is 0 Å². The van der Waals surface area contributed by atoms with Crippen molar-refractivity contribution >= 4 is 11.6 Å². The smallest absolute Gasteiger partial charge is 0.170 e. The second-order valence-corrected chi connectivity index (χ2v) is 6.94. The number of nitrogens with zero attached hydrogens (tertiary/aromatic N) is 2. The van der Waals surface area contributed by atoms with E-state index in [2.05, 4.69) is 5.16 Å². The standard InChI is InChI=1S/C24H21N3O3/c25-24(26-29)19-11-9-18(10-12-19)23(27-13-15-30-16-14-27)20-7-4-8-21(28)22(20)17-5-2-1-3-6-17/h1-16,22-23,29H,(H2,25,26). The van der Waals surface area contributed by atoms with E-state index in [4.69, 9.17) is 15.7 Å². The summed E-state index contributed by atoms with van der Waals surface area (Å²) in [4.78, 5) is 14.9. The van der Waals surface area contributed by atoms with Crippen LogP contribution >= 0.6 is 0 Å². The van der Waals surface area contributed by atoms with E-state index in [1.807, 2.05) is 65.8 Å². The third-order valence-corrected chi connectivity index (χ3v) is 5.17. The summed E-state index contributed by atoms with van der Waals surface area (Å²) >= 11 is 0. The highest BCUT2D eigenvalue weighted by molar-refractivity contribution is 5.99. The molecular weight excluding hydrogens is 378 g/mol. The molecule has 1 heterocycles. The third-order valence-electron chi connectivity index (χ3n) is 5.17. The van der Waals surface area contributed by atoms with Crippen LogP contribution in [-0.4, -0.2) is 21.7 Å². The van der Waals surface area contributed by atoms with E-state index in [1.165, 1.54) is 0 Å². The first kappa shape index (κ1) is 19.3. The Morgan fingerprint density at radius 3 is 2.43 bits per heavy atom. The molecule has 0 aromatic heterocycles. The quantitative estimate of drug-likeness (QED) is 0.344. The van der Waals surface area contributed by atoms with Crippen LogP contribution in [0.25, 0.3) is 0 Å². The van der Waals surface area contributed by atoms with Gasteiger partial charge in [0.2, 0.25) is 0 Å². The summed E-state index contributed by atoms with van der Waals surface area (Å²) in [6.07, 6.45) is 12.3. The van der Waals surface area contributed by atoms with Gasteiger partial charge in [0.25, 0.3) is 0 Å². The summed E-state index contributed by atoms with van der Waals surface area (Å²) in [7, 11) is 0. The SMILES string of the molecule is NC(=NO)c1ccc(C(C2=CC=CC(=O)C2c2ccccc2)N2C=COC=C2)cc1. The minimum absolute atomic E-state index is 0.0400.